The summed E-state index contributed by atoms with van der Waals surface area (Å²) >= 11 is 0. The largest absolute Gasteiger partial charge is 0.480 e. The molecule has 0 spiro atoms. The summed E-state index contributed by atoms with van der Waals surface area (Å²) in [7, 11) is 0. The van der Waals surface area contributed by atoms with Crippen molar-refractivity contribution in [3.05, 3.63) is 12.2 Å². The summed E-state index contributed by atoms with van der Waals surface area (Å²) < 4.78 is 0. The highest BCUT2D eigenvalue weighted by Gasteiger charge is 2.46. The number of aliphatic carboxylic acids is 1. The Bertz CT molecular complexity index is 416. The van der Waals surface area contributed by atoms with E-state index in [1.165, 1.54) is 11.2 Å². The zero-order chi connectivity index (χ0) is 11.8. The summed E-state index contributed by atoms with van der Waals surface area (Å²) in [5, 5.41) is 15.2. The van der Waals surface area contributed by atoms with Gasteiger partial charge in [0.05, 0.1) is 0 Å². The third-order valence-corrected chi connectivity index (χ3v) is 2.96. The van der Waals surface area contributed by atoms with Gasteiger partial charge in [-0.3, -0.25) is 9.89 Å². The van der Waals surface area contributed by atoms with Crippen LogP contribution in [0.5, 0.6) is 0 Å². The highest BCUT2D eigenvalue weighted by atomic mass is 16.4. The van der Waals surface area contributed by atoms with Crippen LogP contribution in [0.3, 0.4) is 0 Å². The van der Waals surface area contributed by atoms with Crippen molar-refractivity contribution < 1.29 is 14.7 Å². The van der Waals surface area contributed by atoms with Crippen molar-refractivity contribution in [3.63, 3.8) is 0 Å². The lowest BCUT2D eigenvalue weighted by molar-refractivity contribution is -0.147. The summed E-state index contributed by atoms with van der Waals surface area (Å²) in [6, 6.07) is 0. The zero-order valence-corrected chi connectivity index (χ0v) is 8.80. The number of carboxylic acid groups (broad SMARTS) is 1. The summed E-state index contributed by atoms with van der Waals surface area (Å²) in [6.45, 7) is 1.99. The summed E-state index contributed by atoms with van der Waals surface area (Å²) in [6.07, 6.45) is 2.37. The zero-order valence-electron chi connectivity index (χ0n) is 8.80. The standard InChI is InChI=1S/C9H12N4O3/c1-9(8(15)16)3-2-4-13(9)7(14)6-10-5-11-12-6/h5H,2-4H2,1H3,(H,15,16)(H,10,11,12). The van der Waals surface area contributed by atoms with Gasteiger partial charge in [0, 0.05) is 6.54 Å². The maximum absolute atomic E-state index is 12.0. The van der Waals surface area contributed by atoms with Crippen molar-refractivity contribution in [1.29, 1.82) is 0 Å². The molecule has 7 heteroatoms. The molecule has 7 nitrogen and oxygen atoms in total. The van der Waals surface area contributed by atoms with Crippen LogP contribution >= 0.6 is 0 Å². The molecule has 1 fully saturated rings. The smallest absolute Gasteiger partial charge is 0.329 e. The van der Waals surface area contributed by atoms with Gasteiger partial charge in [0.15, 0.2) is 0 Å². The van der Waals surface area contributed by atoms with Gasteiger partial charge in [-0.15, -0.1) is 0 Å². The first-order valence-corrected chi connectivity index (χ1v) is 4.96. The molecule has 0 aliphatic carbocycles. The van der Waals surface area contributed by atoms with Crippen LogP contribution in [0.4, 0.5) is 0 Å². The molecule has 16 heavy (non-hydrogen) atoms. The number of nitrogens with one attached hydrogen (secondary N) is 1. The van der Waals surface area contributed by atoms with Crippen LogP contribution in [0, 0.1) is 0 Å². The molecular formula is C9H12N4O3. The van der Waals surface area contributed by atoms with Crippen LogP contribution < -0.4 is 0 Å². The maximum atomic E-state index is 12.0. The second-order valence-corrected chi connectivity index (χ2v) is 3.97. The third-order valence-electron chi connectivity index (χ3n) is 2.96. The quantitative estimate of drug-likeness (QED) is 0.729. The van der Waals surface area contributed by atoms with E-state index >= 15 is 0 Å². The lowest BCUT2D eigenvalue weighted by atomic mass is 9.99. The number of nitrogens with zero attached hydrogens (tertiary/aromatic N) is 3. The number of carbonyl (C=O) groups is 2. The molecule has 0 bridgehead atoms. The number of hydrogen-bond acceptors (Lipinski definition) is 4. The van der Waals surface area contributed by atoms with Crippen molar-refractivity contribution in [2.75, 3.05) is 6.54 Å². The molecule has 2 rings (SSSR count). The number of H-pyrrole nitrogens is 1. The van der Waals surface area contributed by atoms with Gasteiger partial charge in [0.2, 0.25) is 5.82 Å². The van der Waals surface area contributed by atoms with Crippen LogP contribution in [-0.4, -0.2) is 49.1 Å². The fraction of sp³-hybridized carbons (Fsp3) is 0.556. The molecule has 0 saturated carbocycles. The maximum Gasteiger partial charge on any atom is 0.329 e. The SMILES string of the molecule is CC1(C(=O)O)CCCN1C(=O)c1ncn[nH]1. The molecule has 1 amide bonds. The van der Waals surface area contributed by atoms with Gasteiger partial charge in [-0.25, -0.2) is 9.78 Å². The monoisotopic (exact) mass is 224 g/mol. The molecule has 86 valence electrons. The number of hydrogen-bond donors (Lipinski definition) is 2. The van der Waals surface area contributed by atoms with Crippen molar-refractivity contribution in [2.24, 2.45) is 0 Å². The van der Waals surface area contributed by atoms with E-state index in [1.807, 2.05) is 0 Å². The molecule has 1 aliphatic heterocycles. The first kappa shape index (κ1) is 10.6. The van der Waals surface area contributed by atoms with Gasteiger partial charge < -0.3 is 10.0 Å². The Morgan fingerprint density at radius 2 is 2.38 bits per heavy atom. The number of aromatic nitrogens is 3. The number of amides is 1. The van der Waals surface area contributed by atoms with E-state index in [0.29, 0.717) is 19.4 Å². The Balaban J connectivity index is 2.27. The van der Waals surface area contributed by atoms with Crippen LogP contribution in [0.15, 0.2) is 6.33 Å². The molecule has 2 heterocycles. The minimum Gasteiger partial charge on any atom is -0.480 e. The Kier molecular flexibility index (Phi) is 2.37. The van der Waals surface area contributed by atoms with Crippen molar-refractivity contribution in [2.45, 2.75) is 25.3 Å². The molecule has 1 unspecified atom stereocenters. The minimum atomic E-state index is -1.14. The van der Waals surface area contributed by atoms with Gasteiger partial charge in [0.25, 0.3) is 5.91 Å². The van der Waals surface area contributed by atoms with E-state index in [4.69, 9.17) is 5.11 Å². The first-order valence-electron chi connectivity index (χ1n) is 4.96. The van der Waals surface area contributed by atoms with Crippen LogP contribution in [-0.2, 0) is 4.79 Å². The van der Waals surface area contributed by atoms with Gasteiger partial charge >= 0.3 is 5.97 Å². The minimum absolute atomic E-state index is 0.0781. The van der Waals surface area contributed by atoms with Crippen LogP contribution in [0.2, 0.25) is 0 Å². The number of rotatable bonds is 2. The molecular weight excluding hydrogens is 212 g/mol. The predicted molar refractivity (Wildman–Crippen MR) is 52.7 cm³/mol. The van der Waals surface area contributed by atoms with Crippen LogP contribution in [0.25, 0.3) is 0 Å². The summed E-state index contributed by atoms with van der Waals surface area (Å²) in [5.74, 6) is -1.33. The molecule has 1 atom stereocenters. The number of likely N-dealkylation sites (tertiary alicyclic amines) is 1. The number of carbonyl (C=O) groups excluding carboxylic acids is 1. The molecule has 1 aliphatic rings. The average molecular weight is 224 g/mol. The van der Waals surface area contributed by atoms with Gasteiger partial charge in [-0.2, -0.15) is 5.10 Å². The third kappa shape index (κ3) is 1.44. The van der Waals surface area contributed by atoms with E-state index in [9.17, 15) is 9.59 Å². The average Bonchev–Trinajstić information content (AvgIpc) is 2.85. The highest BCUT2D eigenvalue weighted by molar-refractivity contribution is 5.95. The molecule has 1 aromatic heterocycles. The number of carboxylic acids is 1. The Morgan fingerprint density at radius 3 is 2.94 bits per heavy atom. The van der Waals surface area contributed by atoms with E-state index in [-0.39, 0.29) is 5.82 Å². The molecule has 1 aromatic rings. The predicted octanol–water partition coefficient (Wildman–Crippen LogP) is -0.116. The Morgan fingerprint density at radius 1 is 1.62 bits per heavy atom. The van der Waals surface area contributed by atoms with Crippen molar-refractivity contribution in [1.82, 2.24) is 20.1 Å². The lowest BCUT2D eigenvalue weighted by Crippen LogP contribution is -2.51. The van der Waals surface area contributed by atoms with E-state index in [2.05, 4.69) is 15.2 Å². The van der Waals surface area contributed by atoms with Crippen molar-refractivity contribution >= 4 is 11.9 Å². The molecule has 0 radical (unpaired) electrons. The molecule has 1 saturated heterocycles. The van der Waals surface area contributed by atoms with Gasteiger partial charge in [0.1, 0.15) is 11.9 Å². The van der Waals surface area contributed by atoms with E-state index in [0.717, 1.165) is 0 Å². The highest BCUT2D eigenvalue weighted by Crippen LogP contribution is 2.30. The summed E-state index contributed by atoms with van der Waals surface area (Å²) in [4.78, 5) is 28.2. The van der Waals surface area contributed by atoms with E-state index in [1.54, 1.807) is 6.92 Å². The van der Waals surface area contributed by atoms with Crippen LogP contribution in [0.1, 0.15) is 30.4 Å². The topological polar surface area (TPSA) is 99.2 Å². The molecule has 2 N–H and O–H groups in total. The second kappa shape index (κ2) is 3.58. The summed E-state index contributed by atoms with van der Waals surface area (Å²) in [5.41, 5.74) is -1.14. The first-order chi connectivity index (χ1) is 7.55. The fourth-order valence-corrected chi connectivity index (χ4v) is 1.95. The number of aromatic amines is 1. The van der Waals surface area contributed by atoms with E-state index < -0.39 is 17.4 Å². The lowest BCUT2D eigenvalue weighted by Gasteiger charge is -2.30. The normalized spacial score (nSPS) is 24.7. The van der Waals surface area contributed by atoms with Gasteiger partial charge in [-0.05, 0) is 19.8 Å². The second-order valence-electron chi connectivity index (χ2n) is 3.97. The van der Waals surface area contributed by atoms with Gasteiger partial charge in [-0.1, -0.05) is 0 Å². The molecule has 0 aromatic carbocycles. The van der Waals surface area contributed by atoms with Crippen molar-refractivity contribution in [3.8, 4) is 0 Å². The Labute approximate surface area is 91.5 Å². The fourth-order valence-electron chi connectivity index (χ4n) is 1.95. The Hall–Kier alpha value is -1.92.